The van der Waals surface area contributed by atoms with Crippen molar-refractivity contribution in [2.45, 2.75) is 33.6 Å². The summed E-state index contributed by atoms with van der Waals surface area (Å²) in [5, 5.41) is 0. The fourth-order valence-electron chi connectivity index (χ4n) is 2.26. The maximum absolute atomic E-state index is 12.7. The van der Waals surface area contributed by atoms with Gasteiger partial charge in [-0.05, 0) is 38.8 Å². The highest BCUT2D eigenvalue weighted by atomic mass is 16.5. The van der Waals surface area contributed by atoms with Crippen LogP contribution in [0.3, 0.4) is 0 Å². The summed E-state index contributed by atoms with van der Waals surface area (Å²) < 4.78 is 10.3. The minimum absolute atomic E-state index is 0.0519. The maximum atomic E-state index is 12.7. The Morgan fingerprint density at radius 3 is 2.48 bits per heavy atom. The Labute approximate surface area is 138 Å². The SMILES string of the molecule is CCOCCCN(CCC(=O)OCC)C(=O)c1ccccc1C. The number of esters is 1. The van der Waals surface area contributed by atoms with Crippen molar-refractivity contribution >= 4 is 11.9 Å². The fourth-order valence-corrected chi connectivity index (χ4v) is 2.26. The minimum Gasteiger partial charge on any atom is -0.466 e. The lowest BCUT2D eigenvalue weighted by Gasteiger charge is -2.23. The van der Waals surface area contributed by atoms with E-state index >= 15 is 0 Å². The quantitative estimate of drug-likeness (QED) is 0.491. The molecule has 1 rings (SSSR count). The van der Waals surface area contributed by atoms with E-state index in [1.54, 1.807) is 11.8 Å². The molecular weight excluding hydrogens is 294 g/mol. The van der Waals surface area contributed by atoms with Gasteiger partial charge in [-0.15, -0.1) is 0 Å². The molecule has 0 radical (unpaired) electrons. The van der Waals surface area contributed by atoms with E-state index in [2.05, 4.69) is 0 Å². The van der Waals surface area contributed by atoms with Gasteiger partial charge in [0.1, 0.15) is 0 Å². The molecule has 0 aromatic heterocycles. The van der Waals surface area contributed by atoms with Crippen molar-refractivity contribution < 1.29 is 19.1 Å². The molecule has 0 bridgehead atoms. The topological polar surface area (TPSA) is 55.8 Å². The second kappa shape index (κ2) is 10.8. The van der Waals surface area contributed by atoms with E-state index in [0.717, 1.165) is 12.0 Å². The first-order chi connectivity index (χ1) is 11.1. The summed E-state index contributed by atoms with van der Waals surface area (Å²) in [5.41, 5.74) is 1.61. The van der Waals surface area contributed by atoms with E-state index in [1.807, 2.05) is 38.1 Å². The number of carbonyl (C=O) groups is 2. The molecule has 1 aromatic rings. The van der Waals surface area contributed by atoms with E-state index in [1.165, 1.54) is 0 Å². The van der Waals surface area contributed by atoms with Crippen molar-refractivity contribution in [2.24, 2.45) is 0 Å². The van der Waals surface area contributed by atoms with Crippen LogP contribution < -0.4 is 0 Å². The van der Waals surface area contributed by atoms with Gasteiger partial charge in [0, 0.05) is 31.9 Å². The molecule has 128 valence electrons. The summed E-state index contributed by atoms with van der Waals surface area (Å²) in [6, 6.07) is 7.49. The van der Waals surface area contributed by atoms with Crippen LogP contribution in [0.25, 0.3) is 0 Å². The molecular formula is C18H27NO4. The van der Waals surface area contributed by atoms with Crippen LogP contribution in [-0.4, -0.2) is 49.7 Å². The molecule has 1 amide bonds. The highest BCUT2D eigenvalue weighted by Crippen LogP contribution is 2.12. The molecule has 0 fully saturated rings. The standard InChI is InChI=1S/C18H27NO4/c1-4-22-14-8-12-19(13-11-17(20)23-5-2)18(21)16-10-7-6-9-15(16)3/h6-7,9-10H,4-5,8,11-14H2,1-3H3. The smallest absolute Gasteiger partial charge is 0.307 e. The van der Waals surface area contributed by atoms with Crippen molar-refractivity contribution in [3.8, 4) is 0 Å². The predicted molar refractivity (Wildman–Crippen MR) is 89.4 cm³/mol. The summed E-state index contributed by atoms with van der Waals surface area (Å²) >= 11 is 0. The third-order valence-corrected chi connectivity index (χ3v) is 3.47. The van der Waals surface area contributed by atoms with E-state index < -0.39 is 0 Å². The first kappa shape index (κ1) is 19.2. The van der Waals surface area contributed by atoms with Crippen LogP contribution >= 0.6 is 0 Å². The number of ether oxygens (including phenoxy) is 2. The van der Waals surface area contributed by atoms with Gasteiger partial charge in [-0.25, -0.2) is 0 Å². The summed E-state index contributed by atoms with van der Waals surface area (Å²) in [6.07, 6.45) is 0.953. The van der Waals surface area contributed by atoms with Gasteiger partial charge in [-0.2, -0.15) is 0 Å². The second-order valence-corrected chi connectivity index (χ2v) is 5.21. The summed E-state index contributed by atoms with van der Waals surface area (Å²) in [5.74, 6) is -0.330. The fraction of sp³-hybridized carbons (Fsp3) is 0.556. The summed E-state index contributed by atoms with van der Waals surface area (Å²) in [7, 11) is 0. The van der Waals surface area contributed by atoms with E-state index in [9.17, 15) is 9.59 Å². The van der Waals surface area contributed by atoms with Crippen LogP contribution in [0.15, 0.2) is 24.3 Å². The van der Waals surface area contributed by atoms with Gasteiger partial charge in [-0.3, -0.25) is 9.59 Å². The van der Waals surface area contributed by atoms with Crippen molar-refractivity contribution in [3.05, 3.63) is 35.4 Å². The Kier molecular flexibility index (Phi) is 8.98. The first-order valence-corrected chi connectivity index (χ1v) is 8.18. The van der Waals surface area contributed by atoms with Crippen molar-refractivity contribution in [2.75, 3.05) is 32.9 Å². The average Bonchev–Trinajstić information content (AvgIpc) is 2.54. The zero-order valence-corrected chi connectivity index (χ0v) is 14.3. The monoisotopic (exact) mass is 321 g/mol. The van der Waals surface area contributed by atoms with E-state index in [0.29, 0.717) is 38.5 Å². The third-order valence-electron chi connectivity index (χ3n) is 3.47. The summed E-state index contributed by atoms with van der Waals surface area (Å²) in [4.78, 5) is 26.0. The second-order valence-electron chi connectivity index (χ2n) is 5.21. The Morgan fingerprint density at radius 2 is 1.83 bits per heavy atom. The zero-order valence-electron chi connectivity index (χ0n) is 14.3. The first-order valence-electron chi connectivity index (χ1n) is 8.18. The molecule has 0 spiro atoms. The molecule has 5 nitrogen and oxygen atoms in total. The average molecular weight is 321 g/mol. The summed E-state index contributed by atoms with van der Waals surface area (Å²) in [6.45, 7) is 8.17. The van der Waals surface area contributed by atoms with Gasteiger partial charge in [-0.1, -0.05) is 18.2 Å². The molecule has 0 heterocycles. The number of carbonyl (C=O) groups excluding carboxylic acids is 2. The lowest BCUT2D eigenvalue weighted by Crippen LogP contribution is -2.35. The number of amides is 1. The maximum Gasteiger partial charge on any atom is 0.307 e. The van der Waals surface area contributed by atoms with Crippen LogP contribution in [0.4, 0.5) is 0 Å². The number of hydrogen-bond acceptors (Lipinski definition) is 4. The van der Waals surface area contributed by atoms with Crippen molar-refractivity contribution in [3.63, 3.8) is 0 Å². The van der Waals surface area contributed by atoms with Gasteiger partial charge < -0.3 is 14.4 Å². The number of nitrogens with zero attached hydrogens (tertiary/aromatic N) is 1. The van der Waals surface area contributed by atoms with Crippen LogP contribution in [-0.2, 0) is 14.3 Å². The Hall–Kier alpha value is -1.88. The van der Waals surface area contributed by atoms with Crippen molar-refractivity contribution in [1.82, 2.24) is 4.90 Å². The lowest BCUT2D eigenvalue weighted by atomic mass is 10.1. The van der Waals surface area contributed by atoms with Crippen LogP contribution in [0.5, 0.6) is 0 Å². The Bertz CT molecular complexity index is 502. The number of aryl methyl sites for hydroxylation is 1. The van der Waals surface area contributed by atoms with Crippen LogP contribution in [0, 0.1) is 6.92 Å². The normalized spacial score (nSPS) is 10.4. The molecule has 1 aromatic carbocycles. The molecule has 0 aliphatic carbocycles. The van der Waals surface area contributed by atoms with Gasteiger partial charge in [0.2, 0.25) is 0 Å². The minimum atomic E-state index is -0.278. The molecule has 0 aliphatic rings. The van der Waals surface area contributed by atoms with Gasteiger partial charge in [0.05, 0.1) is 13.0 Å². The van der Waals surface area contributed by atoms with Gasteiger partial charge in [0.25, 0.3) is 5.91 Å². The third kappa shape index (κ3) is 6.82. The van der Waals surface area contributed by atoms with E-state index in [-0.39, 0.29) is 18.3 Å². The molecule has 0 saturated carbocycles. The molecule has 0 saturated heterocycles. The largest absolute Gasteiger partial charge is 0.466 e. The van der Waals surface area contributed by atoms with Crippen LogP contribution in [0.2, 0.25) is 0 Å². The molecule has 0 N–H and O–H groups in total. The van der Waals surface area contributed by atoms with Crippen LogP contribution in [0.1, 0.15) is 42.6 Å². The molecule has 0 aliphatic heterocycles. The highest BCUT2D eigenvalue weighted by Gasteiger charge is 2.18. The van der Waals surface area contributed by atoms with Gasteiger partial charge >= 0.3 is 5.97 Å². The predicted octanol–water partition coefficient (Wildman–Crippen LogP) is 2.82. The number of rotatable bonds is 10. The zero-order chi connectivity index (χ0) is 17.1. The Balaban J connectivity index is 2.70. The Morgan fingerprint density at radius 1 is 1.09 bits per heavy atom. The highest BCUT2D eigenvalue weighted by molar-refractivity contribution is 5.95. The molecule has 5 heteroatoms. The molecule has 0 unspecified atom stereocenters. The molecule has 23 heavy (non-hydrogen) atoms. The van der Waals surface area contributed by atoms with Gasteiger partial charge in [0.15, 0.2) is 0 Å². The number of hydrogen-bond donors (Lipinski definition) is 0. The van der Waals surface area contributed by atoms with Crippen molar-refractivity contribution in [1.29, 1.82) is 0 Å². The molecule has 0 atom stereocenters. The lowest BCUT2D eigenvalue weighted by molar-refractivity contribution is -0.143. The number of benzene rings is 1. The van der Waals surface area contributed by atoms with E-state index in [4.69, 9.17) is 9.47 Å².